The lowest BCUT2D eigenvalue weighted by Crippen LogP contribution is -2.19. The van der Waals surface area contributed by atoms with Crippen LogP contribution in [0.25, 0.3) is 11.0 Å². The summed E-state index contributed by atoms with van der Waals surface area (Å²) in [6.07, 6.45) is 0. The minimum atomic E-state index is -3.70. The maximum atomic E-state index is 12.7. The van der Waals surface area contributed by atoms with Gasteiger partial charge in [-0.25, -0.2) is 13.2 Å². The molecule has 2 aromatic carbocycles. The van der Waals surface area contributed by atoms with Gasteiger partial charge in [-0.05, 0) is 61.7 Å². The van der Waals surface area contributed by atoms with E-state index in [1.165, 1.54) is 4.57 Å². The van der Waals surface area contributed by atoms with Crippen LogP contribution in [0.5, 0.6) is 0 Å². The quantitative estimate of drug-likeness (QED) is 0.781. The van der Waals surface area contributed by atoms with E-state index in [-0.39, 0.29) is 10.6 Å². The first-order valence-corrected chi connectivity index (χ1v) is 9.36. The van der Waals surface area contributed by atoms with Crippen molar-refractivity contribution >= 4 is 26.7 Å². The standard InChI is InChI=1S/C18H21N3O3S/c1-11-6-7-14(8-12(11)2)25(23,24)19-15-10-17-16(9-13(15)3)20(4)18(22)21(17)5/h6-10,19H,1-5H3. The fraction of sp³-hybridized carbons (Fsp3) is 0.278. The van der Waals surface area contributed by atoms with Gasteiger partial charge in [0.25, 0.3) is 10.0 Å². The van der Waals surface area contributed by atoms with Crippen molar-refractivity contribution in [2.45, 2.75) is 25.7 Å². The highest BCUT2D eigenvalue weighted by Crippen LogP contribution is 2.25. The van der Waals surface area contributed by atoms with Crippen molar-refractivity contribution in [3.05, 3.63) is 57.5 Å². The van der Waals surface area contributed by atoms with Crippen molar-refractivity contribution in [2.75, 3.05) is 4.72 Å². The molecule has 1 N–H and O–H groups in total. The van der Waals surface area contributed by atoms with Crippen LogP contribution in [0.1, 0.15) is 16.7 Å². The number of benzene rings is 2. The van der Waals surface area contributed by atoms with Gasteiger partial charge in [0.15, 0.2) is 0 Å². The number of anilines is 1. The highest BCUT2D eigenvalue weighted by Gasteiger charge is 2.18. The van der Waals surface area contributed by atoms with Crippen molar-refractivity contribution in [1.82, 2.24) is 9.13 Å². The third kappa shape index (κ3) is 2.84. The topological polar surface area (TPSA) is 73.1 Å². The van der Waals surface area contributed by atoms with Crippen molar-refractivity contribution in [1.29, 1.82) is 0 Å². The summed E-state index contributed by atoms with van der Waals surface area (Å²) in [5.74, 6) is 0. The number of rotatable bonds is 3. The molecule has 6 nitrogen and oxygen atoms in total. The lowest BCUT2D eigenvalue weighted by atomic mass is 10.1. The Morgan fingerprint density at radius 1 is 0.840 bits per heavy atom. The first-order valence-electron chi connectivity index (χ1n) is 7.88. The summed E-state index contributed by atoms with van der Waals surface area (Å²) in [5, 5.41) is 0. The number of hydrogen-bond acceptors (Lipinski definition) is 3. The SMILES string of the molecule is Cc1ccc(S(=O)(=O)Nc2cc3c(cc2C)n(C)c(=O)n3C)cc1C. The Hall–Kier alpha value is -2.54. The third-order valence-corrected chi connectivity index (χ3v) is 6.01. The predicted molar refractivity (Wildman–Crippen MR) is 99.6 cm³/mol. The van der Waals surface area contributed by atoms with E-state index in [4.69, 9.17) is 0 Å². The summed E-state index contributed by atoms with van der Waals surface area (Å²) in [6.45, 7) is 5.63. The molecule has 7 heteroatoms. The molecule has 0 aliphatic carbocycles. The van der Waals surface area contributed by atoms with Gasteiger partial charge in [-0.15, -0.1) is 0 Å². The van der Waals surface area contributed by atoms with Crippen LogP contribution >= 0.6 is 0 Å². The number of sulfonamides is 1. The highest BCUT2D eigenvalue weighted by atomic mass is 32.2. The average Bonchev–Trinajstić information content (AvgIpc) is 2.75. The Balaban J connectivity index is 2.10. The van der Waals surface area contributed by atoms with E-state index in [2.05, 4.69) is 4.72 Å². The number of fused-ring (bicyclic) bond motifs is 1. The van der Waals surface area contributed by atoms with Gasteiger partial charge in [-0.1, -0.05) is 6.07 Å². The molecule has 0 aliphatic rings. The second-order valence-electron chi connectivity index (χ2n) is 6.41. The van der Waals surface area contributed by atoms with E-state index in [0.717, 1.165) is 22.2 Å². The lowest BCUT2D eigenvalue weighted by molar-refractivity contribution is 0.601. The number of aryl methyl sites for hydroxylation is 5. The Bertz CT molecular complexity index is 1150. The zero-order chi connectivity index (χ0) is 18.5. The summed E-state index contributed by atoms with van der Waals surface area (Å²) < 4.78 is 31.1. The molecule has 0 saturated carbocycles. The van der Waals surface area contributed by atoms with Crippen LogP contribution in [0.2, 0.25) is 0 Å². The molecule has 0 amide bonds. The first-order chi connectivity index (χ1) is 11.6. The molecule has 0 saturated heterocycles. The molecule has 3 rings (SSSR count). The summed E-state index contributed by atoms with van der Waals surface area (Å²) in [7, 11) is -0.338. The molecule has 132 valence electrons. The maximum Gasteiger partial charge on any atom is 0.328 e. The second-order valence-corrected chi connectivity index (χ2v) is 8.09. The average molecular weight is 359 g/mol. The van der Waals surface area contributed by atoms with Crippen LogP contribution in [0.4, 0.5) is 5.69 Å². The summed E-state index contributed by atoms with van der Waals surface area (Å²) in [5.41, 5.74) is 4.46. The molecular weight excluding hydrogens is 338 g/mol. The van der Waals surface area contributed by atoms with E-state index < -0.39 is 10.0 Å². The number of aromatic nitrogens is 2. The minimum Gasteiger partial charge on any atom is -0.295 e. The molecule has 1 aromatic heterocycles. The summed E-state index contributed by atoms with van der Waals surface area (Å²) in [6, 6.07) is 8.56. The Kier molecular flexibility index (Phi) is 3.99. The Labute approximate surface area is 146 Å². The molecule has 0 atom stereocenters. The predicted octanol–water partition coefficient (Wildman–Crippen LogP) is 2.60. The normalized spacial score (nSPS) is 11.9. The van der Waals surface area contributed by atoms with Crippen LogP contribution in [0, 0.1) is 20.8 Å². The van der Waals surface area contributed by atoms with Crippen LogP contribution in [0.3, 0.4) is 0 Å². The smallest absolute Gasteiger partial charge is 0.295 e. The highest BCUT2D eigenvalue weighted by molar-refractivity contribution is 7.92. The molecular formula is C18H21N3O3S. The molecule has 3 aromatic rings. The number of hydrogen-bond donors (Lipinski definition) is 1. The minimum absolute atomic E-state index is 0.149. The molecule has 0 bridgehead atoms. The van der Waals surface area contributed by atoms with Crippen LogP contribution in [-0.4, -0.2) is 17.6 Å². The van der Waals surface area contributed by atoms with Crippen molar-refractivity contribution in [3.63, 3.8) is 0 Å². The zero-order valence-corrected chi connectivity index (χ0v) is 15.7. The summed E-state index contributed by atoms with van der Waals surface area (Å²) in [4.78, 5) is 12.3. The van der Waals surface area contributed by atoms with Gasteiger partial charge in [-0.3, -0.25) is 13.9 Å². The van der Waals surface area contributed by atoms with E-state index >= 15 is 0 Å². The van der Waals surface area contributed by atoms with Gasteiger partial charge in [0.05, 0.1) is 21.6 Å². The van der Waals surface area contributed by atoms with Gasteiger partial charge >= 0.3 is 5.69 Å². The van der Waals surface area contributed by atoms with Crippen molar-refractivity contribution in [2.24, 2.45) is 14.1 Å². The molecule has 1 heterocycles. The second kappa shape index (κ2) is 5.77. The first kappa shape index (κ1) is 17.3. The van der Waals surface area contributed by atoms with E-state index in [1.54, 1.807) is 42.9 Å². The largest absolute Gasteiger partial charge is 0.328 e. The van der Waals surface area contributed by atoms with E-state index in [1.807, 2.05) is 26.8 Å². The fourth-order valence-corrected chi connectivity index (χ4v) is 4.05. The number of nitrogens with one attached hydrogen (secondary N) is 1. The zero-order valence-electron chi connectivity index (χ0n) is 14.9. The maximum absolute atomic E-state index is 12.7. The molecule has 0 aliphatic heterocycles. The van der Waals surface area contributed by atoms with Gasteiger partial charge in [0.2, 0.25) is 0 Å². The Morgan fingerprint density at radius 3 is 2.04 bits per heavy atom. The van der Waals surface area contributed by atoms with Crippen LogP contribution in [0.15, 0.2) is 40.0 Å². The lowest BCUT2D eigenvalue weighted by Gasteiger charge is -2.12. The molecule has 0 fully saturated rings. The monoisotopic (exact) mass is 359 g/mol. The number of imidazole rings is 1. The molecule has 0 unspecified atom stereocenters. The van der Waals surface area contributed by atoms with Gasteiger partial charge in [0, 0.05) is 14.1 Å². The van der Waals surface area contributed by atoms with Gasteiger partial charge < -0.3 is 0 Å². The fourth-order valence-electron chi connectivity index (χ4n) is 2.84. The van der Waals surface area contributed by atoms with E-state index in [9.17, 15) is 13.2 Å². The van der Waals surface area contributed by atoms with Crippen molar-refractivity contribution in [3.8, 4) is 0 Å². The molecule has 25 heavy (non-hydrogen) atoms. The summed E-state index contributed by atoms with van der Waals surface area (Å²) >= 11 is 0. The van der Waals surface area contributed by atoms with E-state index in [0.29, 0.717) is 11.2 Å². The molecule has 0 radical (unpaired) electrons. The van der Waals surface area contributed by atoms with Gasteiger partial charge in [-0.2, -0.15) is 0 Å². The van der Waals surface area contributed by atoms with Crippen LogP contribution in [-0.2, 0) is 24.1 Å². The number of nitrogens with zero attached hydrogens (tertiary/aromatic N) is 2. The van der Waals surface area contributed by atoms with Crippen molar-refractivity contribution < 1.29 is 8.42 Å². The van der Waals surface area contributed by atoms with Crippen LogP contribution < -0.4 is 10.4 Å². The molecule has 0 spiro atoms. The Morgan fingerprint density at radius 2 is 1.44 bits per heavy atom. The van der Waals surface area contributed by atoms with Gasteiger partial charge in [0.1, 0.15) is 0 Å². The third-order valence-electron chi connectivity index (χ3n) is 4.65.